The molecule has 2 atom stereocenters. The second-order valence-corrected chi connectivity index (χ2v) is 11.8. The first-order valence-corrected chi connectivity index (χ1v) is 14.7. The van der Waals surface area contributed by atoms with E-state index in [0.717, 1.165) is 31.5 Å². The first kappa shape index (κ1) is 21.3. The van der Waals surface area contributed by atoms with Gasteiger partial charge in [-0.05, 0) is 0 Å². The zero-order chi connectivity index (χ0) is 19.1. The predicted octanol–water partition coefficient (Wildman–Crippen LogP) is 1.86. The zero-order valence-corrected chi connectivity index (χ0v) is 19.0. The fraction of sp³-hybridized carbons (Fsp3) is 0.400. The summed E-state index contributed by atoms with van der Waals surface area (Å²) in [6.07, 6.45) is 0.349. The van der Waals surface area contributed by atoms with Crippen molar-refractivity contribution < 1.29 is 19.7 Å². The number of ether oxygens (including phenoxy) is 2. The minimum atomic E-state index is -0.490. The first-order chi connectivity index (χ1) is 12.6. The van der Waals surface area contributed by atoms with Gasteiger partial charge in [-0.15, -0.1) is 0 Å². The van der Waals surface area contributed by atoms with Gasteiger partial charge in [-0.1, -0.05) is 0 Å². The minimum absolute atomic E-state index is 0.0852. The summed E-state index contributed by atoms with van der Waals surface area (Å²) < 4.78 is 13.3. The molecule has 2 rings (SSSR count). The maximum atomic E-state index is 10.4. The van der Waals surface area contributed by atoms with Crippen LogP contribution in [0.15, 0.2) is 36.4 Å². The molecule has 2 N–H and O–H groups in total. The van der Waals surface area contributed by atoms with Gasteiger partial charge in [0.2, 0.25) is 0 Å². The standard InChI is InChI=1S/C20H26O4Se2/c1-5-15(21)13-9-7-11-17(23-3)19(13)25-26-20-14(16(22)6-2)10-8-12-18(20)24-4/h7-12,15-16,21-22H,5-6H2,1-4H3/t15-,16-/m0/s1. The van der Waals surface area contributed by atoms with Crippen LogP contribution in [0.5, 0.6) is 11.5 Å². The van der Waals surface area contributed by atoms with Crippen molar-refractivity contribution in [1.29, 1.82) is 0 Å². The molecule has 0 bridgehead atoms. The Bertz CT molecular complexity index is 659. The van der Waals surface area contributed by atoms with Crippen LogP contribution in [-0.4, -0.2) is 50.7 Å². The number of benzene rings is 2. The molecule has 0 spiro atoms. The Morgan fingerprint density at radius 1 is 0.769 bits per heavy atom. The van der Waals surface area contributed by atoms with Crippen molar-refractivity contribution in [2.24, 2.45) is 0 Å². The second-order valence-electron chi connectivity index (χ2n) is 5.77. The van der Waals surface area contributed by atoms with E-state index in [1.165, 1.54) is 0 Å². The zero-order valence-electron chi connectivity index (χ0n) is 15.6. The first-order valence-electron chi connectivity index (χ1n) is 8.61. The summed E-state index contributed by atoms with van der Waals surface area (Å²) in [6.45, 7) is 3.95. The fourth-order valence-corrected chi connectivity index (χ4v) is 10.9. The van der Waals surface area contributed by atoms with E-state index in [0.29, 0.717) is 12.8 Å². The van der Waals surface area contributed by atoms with Crippen molar-refractivity contribution in [3.05, 3.63) is 47.5 Å². The molecule has 0 saturated carbocycles. The Balaban J connectivity index is 2.40. The Hall–Kier alpha value is -1.00. The van der Waals surface area contributed by atoms with Gasteiger partial charge in [-0.2, -0.15) is 0 Å². The van der Waals surface area contributed by atoms with E-state index in [1.807, 2.05) is 50.2 Å². The van der Waals surface area contributed by atoms with E-state index in [9.17, 15) is 10.2 Å². The van der Waals surface area contributed by atoms with Crippen LogP contribution in [0.4, 0.5) is 0 Å². The summed E-state index contributed by atoms with van der Waals surface area (Å²) in [5, 5.41) is 20.8. The van der Waals surface area contributed by atoms with Crippen molar-refractivity contribution in [1.82, 2.24) is 0 Å². The Morgan fingerprint density at radius 3 is 1.46 bits per heavy atom. The molecule has 4 nitrogen and oxygen atoms in total. The fourth-order valence-electron chi connectivity index (χ4n) is 2.61. The molecule has 0 fully saturated rings. The monoisotopic (exact) mass is 490 g/mol. The van der Waals surface area contributed by atoms with Gasteiger partial charge < -0.3 is 0 Å². The van der Waals surface area contributed by atoms with Crippen molar-refractivity contribution in [2.75, 3.05) is 14.2 Å². The van der Waals surface area contributed by atoms with Crippen LogP contribution in [-0.2, 0) is 0 Å². The molecule has 0 unspecified atom stereocenters. The van der Waals surface area contributed by atoms with Crippen LogP contribution in [0.1, 0.15) is 50.0 Å². The van der Waals surface area contributed by atoms with Gasteiger partial charge in [0.15, 0.2) is 0 Å². The summed E-state index contributed by atoms with van der Waals surface area (Å²) in [5.41, 5.74) is 1.89. The summed E-state index contributed by atoms with van der Waals surface area (Å²) in [5.74, 6) is 1.65. The Morgan fingerprint density at radius 2 is 1.15 bits per heavy atom. The molecule has 0 radical (unpaired) electrons. The Kier molecular flexibility index (Phi) is 8.49. The number of aliphatic hydroxyl groups excluding tert-OH is 2. The molecule has 0 aliphatic heterocycles. The van der Waals surface area contributed by atoms with E-state index >= 15 is 0 Å². The molecule has 0 saturated heterocycles. The van der Waals surface area contributed by atoms with Gasteiger partial charge in [0.25, 0.3) is 0 Å². The van der Waals surface area contributed by atoms with Crippen LogP contribution in [0, 0.1) is 0 Å². The quantitative estimate of drug-likeness (QED) is 0.530. The van der Waals surface area contributed by atoms with Gasteiger partial charge in [0, 0.05) is 0 Å². The topological polar surface area (TPSA) is 58.9 Å². The number of aliphatic hydroxyl groups is 2. The summed E-state index contributed by atoms with van der Waals surface area (Å²) in [7, 11) is 3.33. The molecule has 2 aromatic rings. The van der Waals surface area contributed by atoms with E-state index in [-0.39, 0.29) is 26.3 Å². The van der Waals surface area contributed by atoms with Crippen molar-refractivity contribution >= 4 is 35.2 Å². The molecule has 2 aromatic carbocycles. The van der Waals surface area contributed by atoms with Gasteiger partial charge in [-0.3, -0.25) is 0 Å². The van der Waals surface area contributed by atoms with Crippen molar-refractivity contribution in [3.8, 4) is 11.5 Å². The Labute approximate surface area is 166 Å². The third-order valence-corrected chi connectivity index (χ3v) is 11.4. The molecule has 0 aromatic heterocycles. The molecular weight excluding hydrogens is 462 g/mol. The van der Waals surface area contributed by atoms with Crippen molar-refractivity contribution in [3.63, 3.8) is 0 Å². The molecule has 6 heteroatoms. The van der Waals surface area contributed by atoms with Gasteiger partial charge in [0.05, 0.1) is 0 Å². The van der Waals surface area contributed by atoms with Crippen LogP contribution < -0.4 is 18.4 Å². The van der Waals surface area contributed by atoms with Gasteiger partial charge in [0.1, 0.15) is 0 Å². The summed E-state index contributed by atoms with van der Waals surface area (Å²) >= 11 is 0.170. The third kappa shape index (κ3) is 4.83. The average Bonchev–Trinajstić information content (AvgIpc) is 2.70. The van der Waals surface area contributed by atoms with Crippen molar-refractivity contribution in [2.45, 2.75) is 38.9 Å². The number of rotatable bonds is 9. The number of hydrogen-bond donors (Lipinski definition) is 2. The predicted molar refractivity (Wildman–Crippen MR) is 107 cm³/mol. The maximum absolute atomic E-state index is 10.4. The van der Waals surface area contributed by atoms with E-state index < -0.39 is 12.2 Å². The molecule has 0 aliphatic carbocycles. The number of hydrogen-bond acceptors (Lipinski definition) is 4. The summed E-state index contributed by atoms with van der Waals surface area (Å²) in [6, 6.07) is 11.7. The molecule has 0 heterocycles. The SMILES string of the molecule is CC[C@H](O)c1cccc(OC)c1[Se][Se]c1c(OC)cccc1[C@@H](O)CC. The van der Waals surface area contributed by atoms with Crippen LogP contribution in [0.3, 0.4) is 0 Å². The van der Waals surface area contributed by atoms with E-state index in [2.05, 4.69) is 0 Å². The van der Waals surface area contributed by atoms with Crippen LogP contribution in [0.25, 0.3) is 0 Å². The van der Waals surface area contributed by atoms with Gasteiger partial charge >= 0.3 is 167 Å². The van der Waals surface area contributed by atoms with Gasteiger partial charge in [-0.25, -0.2) is 0 Å². The third-order valence-electron chi connectivity index (χ3n) is 4.16. The normalized spacial score (nSPS) is 13.3. The molecular formula is C20H26O4Se2. The van der Waals surface area contributed by atoms with E-state index in [1.54, 1.807) is 14.2 Å². The number of methoxy groups -OCH3 is 2. The van der Waals surface area contributed by atoms with Crippen LogP contribution >= 0.6 is 0 Å². The summed E-state index contributed by atoms with van der Waals surface area (Å²) in [4.78, 5) is 0. The molecule has 26 heavy (non-hydrogen) atoms. The van der Waals surface area contributed by atoms with E-state index in [4.69, 9.17) is 9.47 Å². The average molecular weight is 488 g/mol. The second kappa shape index (κ2) is 10.4. The molecule has 142 valence electrons. The molecule has 0 aliphatic rings. The molecule has 0 amide bonds. The van der Waals surface area contributed by atoms with Crippen LogP contribution in [0.2, 0.25) is 0 Å².